The van der Waals surface area contributed by atoms with Gasteiger partial charge in [0.1, 0.15) is 17.6 Å². The number of carbonyl (C=O) groups excluding carboxylic acids is 2. The molecule has 0 saturated heterocycles. The van der Waals surface area contributed by atoms with Crippen LogP contribution >= 0.6 is 0 Å². The summed E-state index contributed by atoms with van der Waals surface area (Å²) in [5, 5.41) is 2.96. The maximum Gasteiger partial charge on any atom is 0.261 e. The van der Waals surface area contributed by atoms with Gasteiger partial charge in [-0.05, 0) is 55.2 Å². The van der Waals surface area contributed by atoms with Gasteiger partial charge >= 0.3 is 0 Å². The number of rotatable bonds is 12. The maximum absolute atomic E-state index is 14.6. The summed E-state index contributed by atoms with van der Waals surface area (Å²) in [6.45, 7) is 6.25. The predicted molar refractivity (Wildman–Crippen MR) is 140 cm³/mol. The van der Waals surface area contributed by atoms with Crippen LogP contribution in [-0.2, 0) is 22.6 Å². The Morgan fingerprint density at radius 1 is 0.972 bits per heavy atom. The summed E-state index contributed by atoms with van der Waals surface area (Å²) in [5.74, 6) is -0.495. The third kappa shape index (κ3) is 7.67. The lowest BCUT2D eigenvalue weighted by Gasteiger charge is -2.31. The summed E-state index contributed by atoms with van der Waals surface area (Å²) in [6, 6.07) is 20.7. The van der Waals surface area contributed by atoms with Gasteiger partial charge in [0.2, 0.25) is 5.91 Å². The normalized spacial score (nSPS) is 11.6. The van der Waals surface area contributed by atoms with Crippen molar-refractivity contribution < 1.29 is 18.7 Å². The summed E-state index contributed by atoms with van der Waals surface area (Å²) in [5.41, 5.74) is 3.44. The molecule has 0 unspecified atom stereocenters. The van der Waals surface area contributed by atoms with Crippen LogP contribution < -0.4 is 10.1 Å². The van der Waals surface area contributed by atoms with Gasteiger partial charge in [-0.2, -0.15) is 0 Å². The van der Waals surface area contributed by atoms with Crippen molar-refractivity contribution in [2.75, 3.05) is 13.2 Å². The largest absolute Gasteiger partial charge is 0.484 e. The van der Waals surface area contributed by atoms with E-state index in [-0.39, 0.29) is 25.0 Å². The summed E-state index contributed by atoms with van der Waals surface area (Å²) in [4.78, 5) is 28.3. The summed E-state index contributed by atoms with van der Waals surface area (Å²) < 4.78 is 20.4. The number of benzene rings is 3. The van der Waals surface area contributed by atoms with Crippen molar-refractivity contribution in [1.29, 1.82) is 0 Å². The number of hydrogen-bond donors (Lipinski definition) is 1. The van der Waals surface area contributed by atoms with Crippen LogP contribution in [0.3, 0.4) is 0 Å². The molecular formula is C30H35FN2O3. The topological polar surface area (TPSA) is 58.6 Å². The van der Waals surface area contributed by atoms with E-state index in [2.05, 4.69) is 5.32 Å². The van der Waals surface area contributed by atoms with E-state index in [4.69, 9.17) is 4.74 Å². The van der Waals surface area contributed by atoms with E-state index >= 15 is 0 Å². The number of amides is 2. The average Bonchev–Trinajstić information content (AvgIpc) is 2.88. The van der Waals surface area contributed by atoms with Gasteiger partial charge in [0.15, 0.2) is 6.61 Å². The Balaban J connectivity index is 1.89. The summed E-state index contributed by atoms with van der Waals surface area (Å²) in [6.07, 6.45) is 2.08. The van der Waals surface area contributed by atoms with Gasteiger partial charge in [0, 0.05) is 25.1 Å². The van der Waals surface area contributed by atoms with Gasteiger partial charge in [-0.15, -0.1) is 0 Å². The standard InChI is InChI=1S/C30H35FN2O3/c1-4-5-17-32-30(35)28(19-24-11-7-6-8-12-24)33(20-25-13-9-10-14-27(25)31)29(34)21-36-26-16-15-22(2)23(3)18-26/h6-16,18,28H,4-5,17,19-21H2,1-3H3,(H,32,35)/t28-/m1/s1. The molecule has 0 aliphatic heterocycles. The first kappa shape index (κ1) is 26.9. The molecule has 3 rings (SSSR count). The lowest BCUT2D eigenvalue weighted by atomic mass is 10.0. The van der Waals surface area contributed by atoms with Crippen LogP contribution in [0.4, 0.5) is 4.39 Å². The molecule has 3 aromatic carbocycles. The van der Waals surface area contributed by atoms with Crippen LogP contribution in [0.1, 0.15) is 42.0 Å². The first-order valence-electron chi connectivity index (χ1n) is 12.4. The van der Waals surface area contributed by atoms with Crippen LogP contribution in [0.2, 0.25) is 0 Å². The number of nitrogens with one attached hydrogen (secondary N) is 1. The molecule has 0 saturated carbocycles. The molecule has 1 atom stereocenters. The van der Waals surface area contributed by atoms with Crippen LogP contribution in [0.25, 0.3) is 0 Å². The van der Waals surface area contributed by atoms with Crippen LogP contribution in [0, 0.1) is 19.7 Å². The minimum absolute atomic E-state index is 0.0412. The predicted octanol–water partition coefficient (Wildman–Crippen LogP) is 5.38. The smallest absolute Gasteiger partial charge is 0.261 e. The Morgan fingerprint density at radius 3 is 2.39 bits per heavy atom. The van der Waals surface area contributed by atoms with Crippen molar-refractivity contribution in [3.8, 4) is 5.75 Å². The molecule has 6 heteroatoms. The Labute approximate surface area is 213 Å². The van der Waals surface area contributed by atoms with E-state index in [1.165, 1.54) is 11.0 Å². The summed E-state index contributed by atoms with van der Waals surface area (Å²) >= 11 is 0. The molecule has 0 heterocycles. The van der Waals surface area contributed by atoms with E-state index in [1.54, 1.807) is 18.2 Å². The van der Waals surface area contributed by atoms with Crippen molar-refractivity contribution in [1.82, 2.24) is 10.2 Å². The second kappa shape index (κ2) is 13.4. The van der Waals surface area contributed by atoms with E-state index < -0.39 is 11.9 Å². The highest BCUT2D eigenvalue weighted by Gasteiger charge is 2.31. The number of hydrogen-bond acceptors (Lipinski definition) is 3. The Hall–Kier alpha value is -3.67. The number of halogens is 1. The molecule has 2 amide bonds. The molecule has 5 nitrogen and oxygen atoms in total. The molecule has 0 radical (unpaired) electrons. The molecule has 3 aromatic rings. The second-order valence-corrected chi connectivity index (χ2v) is 9.00. The zero-order valence-corrected chi connectivity index (χ0v) is 21.3. The zero-order valence-electron chi connectivity index (χ0n) is 21.3. The first-order chi connectivity index (χ1) is 17.4. The van der Waals surface area contributed by atoms with Gasteiger partial charge in [0.05, 0.1) is 0 Å². The molecule has 0 spiro atoms. The van der Waals surface area contributed by atoms with Gasteiger partial charge in [-0.1, -0.05) is 67.9 Å². The van der Waals surface area contributed by atoms with Crippen molar-refractivity contribution in [2.24, 2.45) is 0 Å². The van der Waals surface area contributed by atoms with Crippen molar-refractivity contribution in [3.05, 3.63) is 101 Å². The molecule has 0 fully saturated rings. The number of ether oxygens (including phenoxy) is 1. The molecular weight excluding hydrogens is 455 g/mol. The maximum atomic E-state index is 14.6. The van der Waals surface area contributed by atoms with Gasteiger partial charge in [0.25, 0.3) is 5.91 Å². The molecule has 0 aliphatic rings. The number of unbranched alkanes of at least 4 members (excludes halogenated alkanes) is 1. The fourth-order valence-corrected chi connectivity index (χ4v) is 3.90. The third-order valence-electron chi connectivity index (χ3n) is 6.24. The van der Waals surface area contributed by atoms with Crippen LogP contribution in [0.15, 0.2) is 72.8 Å². The first-order valence-corrected chi connectivity index (χ1v) is 12.4. The van der Waals surface area contributed by atoms with Crippen molar-refractivity contribution in [2.45, 2.75) is 52.6 Å². The monoisotopic (exact) mass is 490 g/mol. The molecule has 0 aromatic heterocycles. The summed E-state index contributed by atoms with van der Waals surface area (Å²) in [7, 11) is 0. The molecule has 1 N–H and O–H groups in total. The molecule has 0 bridgehead atoms. The SMILES string of the molecule is CCCCNC(=O)[C@@H](Cc1ccccc1)N(Cc1ccccc1F)C(=O)COc1ccc(C)c(C)c1. The molecule has 190 valence electrons. The minimum Gasteiger partial charge on any atom is -0.484 e. The van der Waals surface area contributed by atoms with Crippen LogP contribution in [-0.4, -0.2) is 35.9 Å². The van der Waals surface area contributed by atoms with E-state index in [9.17, 15) is 14.0 Å². The molecule has 0 aliphatic carbocycles. The quantitative estimate of drug-likeness (QED) is 0.347. The van der Waals surface area contributed by atoms with E-state index in [0.29, 0.717) is 24.3 Å². The van der Waals surface area contributed by atoms with E-state index in [1.807, 2.05) is 69.3 Å². The highest BCUT2D eigenvalue weighted by molar-refractivity contribution is 5.88. The number of carbonyl (C=O) groups is 2. The lowest BCUT2D eigenvalue weighted by molar-refractivity contribution is -0.142. The average molecular weight is 491 g/mol. The minimum atomic E-state index is -0.820. The third-order valence-corrected chi connectivity index (χ3v) is 6.24. The molecule has 36 heavy (non-hydrogen) atoms. The Bertz CT molecular complexity index is 1150. The van der Waals surface area contributed by atoms with Gasteiger partial charge in [-0.3, -0.25) is 9.59 Å². The van der Waals surface area contributed by atoms with Crippen molar-refractivity contribution in [3.63, 3.8) is 0 Å². The van der Waals surface area contributed by atoms with Gasteiger partial charge in [-0.25, -0.2) is 4.39 Å². The van der Waals surface area contributed by atoms with Gasteiger partial charge < -0.3 is 15.0 Å². The second-order valence-electron chi connectivity index (χ2n) is 9.00. The fourth-order valence-electron chi connectivity index (χ4n) is 3.90. The zero-order chi connectivity index (χ0) is 25.9. The van der Waals surface area contributed by atoms with Crippen LogP contribution in [0.5, 0.6) is 5.75 Å². The van der Waals surface area contributed by atoms with Crippen molar-refractivity contribution >= 4 is 11.8 Å². The lowest BCUT2D eigenvalue weighted by Crippen LogP contribution is -2.52. The highest BCUT2D eigenvalue weighted by Crippen LogP contribution is 2.19. The fraction of sp³-hybridized carbons (Fsp3) is 0.333. The number of aryl methyl sites for hydroxylation is 2. The Kier molecular flexibility index (Phi) is 10.0. The van der Waals surface area contributed by atoms with E-state index in [0.717, 1.165) is 29.5 Å². The Morgan fingerprint density at radius 2 is 1.69 bits per heavy atom. The number of nitrogens with zero attached hydrogens (tertiary/aromatic N) is 1. The highest BCUT2D eigenvalue weighted by atomic mass is 19.1.